The molecule has 3 aromatic carbocycles. The van der Waals surface area contributed by atoms with Crippen LogP contribution in [-0.2, 0) is 37.2 Å². The van der Waals surface area contributed by atoms with Gasteiger partial charge in [0.1, 0.15) is 6.04 Å². The monoisotopic (exact) mass is 558 g/mol. The predicted molar refractivity (Wildman–Crippen MR) is 138 cm³/mol. The summed E-state index contributed by atoms with van der Waals surface area (Å²) in [7, 11) is -3.93. The number of hydrogen-bond donors (Lipinski definition) is 2. The van der Waals surface area contributed by atoms with E-state index in [-0.39, 0.29) is 23.7 Å². The van der Waals surface area contributed by atoms with Gasteiger partial charge < -0.3 is 10.1 Å². The summed E-state index contributed by atoms with van der Waals surface area (Å²) in [6.07, 6.45) is 0.918. The number of rotatable bonds is 11. The number of amides is 1. The van der Waals surface area contributed by atoms with E-state index in [0.717, 1.165) is 15.6 Å². The second-order valence-electron chi connectivity index (χ2n) is 7.82. The van der Waals surface area contributed by atoms with Crippen LogP contribution in [0.5, 0.6) is 0 Å². The molecule has 184 valence electrons. The Morgan fingerprint density at radius 2 is 1.57 bits per heavy atom. The zero-order valence-corrected chi connectivity index (χ0v) is 21.6. The van der Waals surface area contributed by atoms with E-state index in [4.69, 9.17) is 4.74 Å². The second-order valence-corrected chi connectivity index (χ2v) is 10.4. The van der Waals surface area contributed by atoms with Crippen molar-refractivity contribution in [2.45, 2.75) is 37.1 Å². The summed E-state index contributed by atoms with van der Waals surface area (Å²) in [5.41, 5.74) is 2.24. The third-order valence-electron chi connectivity index (χ3n) is 5.18. The summed E-state index contributed by atoms with van der Waals surface area (Å²) in [6, 6.07) is 21.5. The number of anilines is 1. The van der Waals surface area contributed by atoms with Crippen molar-refractivity contribution in [3.63, 3.8) is 0 Å². The molecular weight excluding hydrogens is 532 g/mol. The zero-order chi connectivity index (χ0) is 25.3. The molecule has 0 saturated carbocycles. The van der Waals surface area contributed by atoms with Crippen molar-refractivity contribution < 1.29 is 22.7 Å². The molecule has 0 heterocycles. The van der Waals surface area contributed by atoms with E-state index in [2.05, 4.69) is 26.0 Å². The number of sulfonamides is 1. The Morgan fingerprint density at radius 1 is 0.914 bits per heavy atom. The Labute approximate surface area is 214 Å². The van der Waals surface area contributed by atoms with Crippen LogP contribution < -0.4 is 10.0 Å². The normalized spacial score (nSPS) is 12.1. The largest absolute Gasteiger partial charge is 0.466 e. The maximum atomic E-state index is 13.1. The van der Waals surface area contributed by atoms with Gasteiger partial charge in [0.25, 0.3) is 0 Å². The Kier molecular flexibility index (Phi) is 9.59. The lowest BCUT2D eigenvalue weighted by molar-refractivity contribution is -0.142. The van der Waals surface area contributed by atoms with Crippen molar-refractivity contribution >= 4 is 43.5 Å². The topological polar surface area (TPSA) is 102 Å². The molecular formula is C26H27BrN2O5S. The fourth-order valence-electron chi connectivity index (χ4n) is 3.38. The van der Waals surface area contributed by atoms with Crippen molar-refractivity contribution in [1.82, 2.24) is 4.72 Å². The van der Waals surface area contributed by atoms with Crippen LogP contribution >= 0.6 is 15.9 Å². The minimum absolute atomic E-state index is 0.0709. The molecule has 0 spiro atoms. The first-order valence-corrected chi connectivity index (χ1v) is 13.4. The van der Waals surface area contributed by atoms with E-state index < -0.39 is 22.0 Å². The van der Waals surface area contributed by atoms with E-state index >= 15 is 0 Å². The maximum Gasteiger partial charge on any atom is 0.310 e. The van der Waals surface area contributed by atoms with Crippen LogP contribution in [0.4, 0.5) is 5.69 Å². The summed E-state index contributed by atoms with van der Waals surface area (Å²) in [5, 5.41) is 2.78. The number of carbonyl (C=O) groups excluding carboxylic acids is 2. The van der Waals surface area contributed by atoms with Gasteiger partial charge in [0, 0.05) is 10.2 Å². The molecule has 0 unspecified atom stereocenters. The summed E-state index contributed by atoms with van der Waals surface area (Å²) in [5.74, 6) is -0.799. The molecule has 3 rings (SSSR count). The second kappa shape index (κ2) is 12.6. The minimum Gasteiger partial charge on any atom is -0.466 e. The molecule has 3 aromatic rings. The van der Waals surface area contributed by atoms with Gasteiger partial charge in [0.15, 0.2) is 0 Å². The SMILES string of the molecule is CCOC(=O)Cc1ccc(NC(=O)[C@H](CCc2ccccc2)NS(=O)(=O)c2ccc(Br)cc2)cc1. The lowest BCUT2D eigenvalue weighted by Crippen LogP contribution is -2.44. The third-order valence-corrected chi connectivity index (χ3v) is 7.19. The van der Waals surface area contributed by atoms with Crippen LogP contribution in [0, 0.1) is 0 Å². The minimum atomic E-state index is -3.93. The van der Waals surface area contributed by atoms with Gasteiger partial charge in [0.2, 0.25) is 15.9 Å². The molecule has 1 amide bonds. The lowest BCUT2D eigenvalue weighted by atomic mass is 10.1. The number of benzene rings is 3. The Hall–Kier alpha value is -3.01. The first-order valence-electron chi connectivity index (χ1n) is 11.1. The van der Waals surface area contributed by atoms with Crippen molar-refractivity contribution in [2.24, 2.45) is 0 Å². The summed E-state index contributed by atoms with van der Waals surface area (Å²) in [6.45, 7) is 2.06. The predicted octanol–water partition coefficient (Wildman–Crippen LogP) is 4.47. The van der Waals surface area contributed by atoms with Gasteiger partial charge in [0.05, 0.1) is 17.9 Å². The molecule has 2 N–H and O–H groups in total. The van der Waals surface area contributed by atoms with E-state index in [9.17, 15) is 18.0 Å². The van der Waals surface area contributed by atoms with Gasteiger partial charge in [-0.2, -0.15) is 4.72 Å². The highest BCUT2D eigenvalue weighted by Crippen LogP contribution is 2.17. The molecule has 35 heavy (non-hydrogen) atoms. The molecule has 9 heteroatoms. The van der Waals surface area contributed by atoms with Crippen LogP contribution in [0.3, 0.4) is 0 Å². The molecule has 0 aliphatic carbocycles. The van der Waals surface area contributed by atoms with Crippen molar-refractivity contribution in [1.29, 1.82) is 0 Å². The number of halogens is 1. The van der Waals surface area contributed by atoms with Crippen LogP contribution in [0.1, 0.15) is 24.5 Å². The summed E-state index contributed by atoms with van der Waals surface area (Å²) >= 11 is 3.29. The van der Waals surface area contributed by atoms with Gasteiger partial charge in [-0.3, -0.25) is 9.59 Å². The van der Waals surface area contributed by atoms with Crippen LogP contribution in [0.2, 0.25) is 0 Å². The third kappa shape index (κ3) is 8.31. The highest BCUT2D eigenvalue weighted by Gasteiger charge is 2.26. The number of aryl methyl sites for hydroxylation is 1. The molecule has 0 bridgehead atoms. The molecule has 0 aromatic heterocycles. The van der Waals surface area contributed by atoms with E-state index in [1.807, 2.05) is 30.3 Å². The quantitative estimate of drug-likeness (QED) is 0.338. The van der Waals surface area contributed by atoms with Crippen LogP contribution in [-0.4, -0.2) is 32.9 Å². The zero-order valence-electron chi connectivity index (χ0n) is 19.2. The number of ether oxygens (including phenoxy) is 1. The van der Waals surface area contributed by atoms with Gasteiger partial charge in [-0.15, -0.1) is 0 Å². The van der Waals surface area contributed by atoms with E-state index in [0.29, 0.717) is 18.7 Å². The first kappa shape index (κ1) is 26.6. The average Bonchev–Trinajstić information content (AvgIpc) is 2.84. The van der Waals surface area contributed by atoms with Gasteiger partial charge in [-0.25, -0.2) is 8.42 Å². The molecule has 0 fully saturated rings. The number of nitrogens with one attached hydrogen (secondary N) is 2. The fraction of sp³-hybridized carbons (Fsp3) is 0.231. The molecule has 0 saturated heterocycles. The van der Waals surface area contributed by atoms with Gasteiger partial charge in [-0.1, -0.05) is 58.4 Å². The smallest absolute Gasteiger partial charge is 0.310 e. The van der Waals surface area contributed by atoms with E-state index in [1.165, 1.54) is 12.1 Å². The molecule has 0 aliphatic heterocycles. The van der Waals surface area contributed by atoms with Crippen molar-refractivity contribution in [3.05, 3.63) is 94.5 Å². The first-order chi connectivity index (χ1) is 16.8. The molecule has 1 atom stereocenters. The summed E-state index contributed by atoms with van der Waals surface area (Å²) in [4.78, 5) is 24.9. The van der Waals surface area contributed by atoms with Crippen molar-refractivity contribution in [3.8, 4) is 0 Å². The standard InChI is InChI=1S/C26H27BrN2O5S/c1-2-34-25(30)18-20-8-13-22(14-9-20)28-26(31)24(17-10-19-6-4-3-5-7-19)29-35(32,33)23-15-11-21(27)12-16-23/h3-9,11-16,24,29H,2,10,17-18H2,1H3,(H,28,31)/t24-/m0/s1. The fourth-order valence-corrected chi connectivity index (χ4v) is 4.88. The Morgan fingerprint density at radius 3 is 2.20 bits per heavy atom. The van der Waals surface area contributed by atoms with Gasteiger partial charge in [-0.05, 0) is 67.3 Å². The number of esters is 1. The summed E-state index contributed by atoms with van der Waals surface area (Å²) < 4.78 is 34.2. The van der Waals surface area contributed by atoms with Crippen molar-refractivity contribution in [2.75, 3.05) is 11.9 Å². The number of hydrogen-bond acceptors (Lipinski definition) is 5. The van der Waals surface area contributed by atoms with Crippen LogP contribution in [0.15, 0.2) is 88.2 Å². The Bertz CT molecular complexity index is 1230. The molecule has 0 radical (unpaired) electrons. The van der Waals surface area contributed by atoms with Gasteiger partial charge >= 0.3 is 5.97 Å². The number of carbonyl (C=O) groups is 2. The highest BCUT2D eigenvalue weighted by molar-refractivity contribution is 9.10. The Balaban J connectivity index is 1.74. The lowest BCUT2D eigenvalue weighted by Gasteiger charge is -2.19. The maximum absolute atomic E-state index is 13.1. The molecule has 0 aliphatic rings. The average molecular weight is 559 g/mol. The molecule has 7 nitrogen and oxygen atoms in total. The highest BCUT2D eigenvalue weighted by atomic mass is 79.9. The van der Waals surface area contributed by atoms with E-state index in [1.54, 1.807) is 43.3 Å². The van der Waals surface area contributed by atoms with Crippen LogP contribution in [0.25, 0.3) is 0 Å².